The molecule has 0 aliphatic rings. The van der Waals surface area contributed by atoms with E-state index in [0.29, 0.717) is 24.7 Å². The summed E-state index contributed by atoms with van der Waals surface area (Å²) in [6.07, 6.45) is 0.262. The minimum atomic E-state index is -0.243. The van der Waals surface area contributed by atoms with E-state index >= 15 is 0 Å². The van der Waals surface area contributed by atoms with Crippen LogP contribution in [0.4, 0.5) is 5.69 Å². The van der Waals surface area contributed by atoms with Crippen molar-refractivity contribution >= 4 is 11.7 Å². The lowest BCUT2D eigenvalue weighted by Gasteiger charge is -2.05. The molecule has 0 amide bonds. The number of anilines is 1. The monoisotopic (exact) mass is 209 g/mol. The molecule has 2 N–H and O–H groups in total. The summed E-state index contributed by atoms with van der Waals surface area (Å²) >= 11 is 0. The van der Waals surface area contributed by atoms with Crippen LogP contribution in [-0.4, -0.2) is 19.2 Å². The zero-order chi connectivity index (χ0) is 11.1. The molecule has 4 heteroatoms. The number of hydrogen-bond donors (Lipinski definition) is 1. The Hall–Kier alpha value is -1.71. The first kappa shape index (κ1) is 11.4. The lowest BCUT2D eigenvalue weighted by Crippen LogP contribution is -2.09. The number of esters is 1. The summed E-state index contributed by atoms with van der Waals surface area (Å²) in [5, 5.41) is 0. The van der Waals surface area contributed by atoms with Crippen LogP contribution in [0.5, 0.6) is 5.75 Å². The normalized spacial score (nSPS) is 9.67. The minimum absolute atomic E-state index is 0.243. The molecule has 0 saturated carbocycles. The molecule has 0 unspecified atom stereocenters. The Morgan fingerprint density at radius 3 is 2.60 bits per heavy atom. The van der Waals surface area contributed by atoms with Crippen molar-refractivity contribution in [1.82, 2.24) is 0 Å². The molecule has 0 bridgehead atoms. The van der Waals surface area contributed by atoms with E-state index in [1.807, 2.05) is 0 Å². The molecule has 0 saturated heterocycles. The molecule has 1 aromatic rings. The van der Waals surface area contributed by atoms with E-state index in [9.17, 15) is 4.79 Å². The maximum atomic E-state index is 11.0. The van der Waals surface area contributed by atoms with Gasteiger partial charge in [-0.05, 0) is 31.2 Å². The second-order valence-corrected chi connectivity index (χ2v) is 2.97. The van der Waals surface area contributed by atoms with Crippen LogP contribution in [0.2, 0.25) is 0 Å². The number of nitrogen functional groups attached to an aromatic ring is 1. The number of carbonyl (C=O) groups is 1. The van der Waals surface area contributed by atoms with E-state index in [-0.39, 0.29) is 12.4 Å². The molecule has 15 heavy (non-hydrogen) atoms. The van der Waals surface area contributed by atoms with Crippen LogP contribution >= 0.6 is 0 Å². The first-order valence-electron chi connectivity index (χ1n) is 4.86. The summed E-state index contributed by atoms with van der Waals surface area (Å²) < 4.78 is 10.1. The average Bonchev–Trinajstić information content (AvgIpc) is 2.21. The molecular weight excluding hydrogens is 194 g/mol. The molecular formula is C11H15NO3. The third-order valence-electron chi connectivity index (χ3n) is 1.76. The van der Waals surface area contributed by atoms with Crippen molar-refractivity contribution in [2.45, 2.75) is 13.3 Å². The summed E-state index contributed by atoms with van der Waals surface area (Å²) in [5.41, 5.74) is 6.20. The molecule has 0 heterocycles. The first-order valence-corrected chi connectivity index (χ1v) is 4.86. The number of hydrogen-bond acceptors (Lipinski definition) is 4. The lowest BCUT2D eigenvalue weighted by molar-refractivity contribution is -0.143. The maximum absolute atomic E-state index is 11.0. The lowest BCUT2D eigenvalue weighted by atomic mass is 10.3. The molecule has 4 nitrogen and oxygen atoms in total. The van der Waals surface area contributed by atoms with E-state index in [1.54, 1.807) is 31.2 Å². The Kier molecular flexibility index (Phi) is 4.47. The van der Waals surface area contributed by atoms with Crippen molar-refractivity contribution in [1.29, 1.82) is 0 Å². The van der Waals surface area contributed by atoms with Gasteiger partial charge in [-0.1, -0.05) is 0 Å². The van der Waals surface area contributed by atoms with Crippen molar-refractivity contribution in [2.75, 3.05) is 18.9 Å². The Labute approximate surface area is 89.0 Å². The van der Waals surface area contributed by atoms with Gasteiger partial charge in [-0.3, -0.25) is 4.79 Å². The first-order chi connectivity index (χ1) is 7.22. The van der Waals surface area contributed by atoms with Gasteiger partial charge in [0.1, 0.15) is 5.75 Å². The van der Waals surface area contributed by atoms with Crippen molar-refractivity contribution in [3.8, 4) is 5.75 Å². The third kappa shape index (κ3) is 4.35. The van der Waals surface area contributed by atoms with Crippen LogP contribution in [0.3, 0.4) is 0 Å². The van der Waals surface area contributed by atoms with Crippen LogP contribution in [0.15, 0.2) is 24.3 Å². The molecule has 0 aromatic heterocycles. The van der Waals surface area contributed by atoms with E-state index in [4.69, 9.17) is 15.2 Å². The Bertz CT molecular complexity index is 308. The summed E-state index contributed by atoms with van der Waals surface area (Å²) in [5.74, 6) is 0.460. The fraction of sp³-hybridized carbons (Fsp3) is 0.364. The summed E-state index contributed by atoms with van der Waals surface area (Å²) in [6.45, 7) is 2.50. The molecule has 0 aliphatic heterocycles. The van der Waals surface area contributed by atoms with Crippen LogP contribution in [-0.2, 0) is 9.53 Å². The molecule has 0 atom stereocenters. The zero-order valence-electron chi connectivity index (χ0n) is 8.73. The fourth-order valence-electron chi connectivity index (χ4n) is 1.05. The van der Waals surface area contributed by atoms with E-state index < -0.39 is 0 Å². The van der Waals surface area contributed by atoms with Gasteiger partial charge in [-0.15, -0.1) is 0 Å². The number of benzene rings is 1. The SMILES string of the molecule is CCOC(=O)CCOc1ccc(N)cc1. The number of rotatable bonds is 5. The van der Waals surface area contributed by atoms with Gasteiger partial charge in [-0.2, -0.15) is 0 Å². The van der Waals surface area contributed by atoms with E-state index in [1.165, 1.54) is 0 Å². The van der Waals surface area contributed by atoms with Crippen molar-refractivity contribution in [3.05, 3.63) is 24.3 Å². The predicted octanol–water partition coefficient (Wildman–Crippen LogP) is 1.60. The molecule has 82 valence electrons. The second-order valence-electron chi connectivity index (χ2n) is 2.97. The van der Waals surface area contributed by atoms with Gasteiger partial charge in [0.2, 0.25) is 0 Å². The van der Waals surface area contributed by atoms with Crippen molar-refractivity contribution in [2.24, 2.45) is 0 Å². The summed E-state index contributed by atoms with van der Waals surface area (Å²) in [7, 11) is 0. The molecule has 0 aliphatic carbocycles. The molecule has 1 rings (SSSR count). The maximum Gasteiger partial charge on any atom is 0.309 e. The predicted molar refractivity (Wildman–Crippen MR) is 57.6 cm³/mol. The molecule has 1 aromatic carbocycles. The standard InChI is InChI=1S/C11H15NO3/c1-2-14-11(13)7-8-15-10-5-3-9(12)4-6-10/h3-6H,2,7-8,12H2,1H3. The second kappa shape index (κ2) is 5.90. The van der Waals surface area contributed by atoms with Gasteiger partial charge in [0.05, 0.1) is 19.6 Å². The van der Waals surface area contributed by atoms with Crippen LogP contribution < -0.4 is 10.5 Å². The highest BCUT2D eigenvalue weighted by atomic mass is 16.5. The van der Waals surface area contributed by atoms with Crippen LogP contribution in [0, 0.1) is 0 Å². The smallest absolute Gasteiger partial charge is 0.309 e. The Morgan fingerprint density at radius 2 is 2.00 bits per heavy atom. The largest absolute Gasteiger partial charge is 0.493 e. The van der Waals surface area contributed by atoms with Crippen molar-refractivity contribution < 1.29 is 14.3 Å². The summed E-state index contributed by atoms with van der Waals surface area (Å²) in [4.78, 5) is 11.0. The number of carbonyl (C=O) groups excluding carboxylic acids is 1. The highest BCUT2D eigenvalue weighted by molar-refractivity contribution is 5.69. The van der Waals surface area contributed by atoms with Gasteiger partial charge in [0.25, 0.3) is 0 Å². The summed E-state index contributed by atoms with van der Waals surface area (Å²) in [6, 6.07) is 7.03. The molecule has 0 radical (unpaired) electrons. The number of nitrogens with two attached hydrogens (primary N) is 1. The van der Waals surface area contributed by atoms with E-state index in [0.717, 1.165) is 0 Å². The quantitative estimate of drug-likeness (QED) is 0.591. The minimum Gasteiger partial charge on any atom is -0.493 e. The van der Waals surface area contributed by atoms with E-state index in [2.05, 4.69) is 0 Å². The van der Waals surface area contributed by atoms with Crippen LogP contribution in [0.1, 0.15) is 13.3 Å². The van der Waals surface area contributed by atoms with Gasteiger partial charge in [0.15, 0.2) is 0 Å². The van der Waals surface area contributed by atoms with Crippen molar-refractivity contribution in [3.63, 3.8) is 0 Å². The van der Waals surface area contributed by atoms with Gasteiger partial charge >= 0.3 is 5.97 Å². The molecule has 0 fully saturated rings. The zero-order valence-corrected chi connectivity index (χ0v) is 8.73. The van der Waals surface area contributed by atoms with Gasteiger partial charge < -0.3 is 15.2 Å². The highest BCUT2D eigenvalue weighted by Gasteiger charge is 2.01. The topological polar surface area (TPSA) is 61.5 Å². The fourth-order valence-corrected chi connectivity index (χ4v) is 1.05. The van der Waals surface area contributed by atoms with Gasteiger partial charge in [0, 0.05) is 5.69 Å². The molecule has 0 spiro atoms. The average molecular weight is 209 g/mol. The highest BCUT2D eigenvalue weighted by Crippen LogP contribution is 2.13. The third-order valence-corrected chi connectivity index (χ3v) is 1.76. The Balaban J connectivity index is 2.26. The Morgan fingerprint density at radius 1 is 1.33 bits per heavy atom. The van der Waals surface area contributed by atoms with Gasteiger partial charge in [-0.25, -0.2) is 0 Å². The van der Waals surface area contributed by atoms with Crippen LogP contribution in [0.25, 0.3) is 0 Å². The number of ether oxygens (including phenoxy) is 2.